The van der Waals surface area contributed by atoms with Gasteiger partial charge in [-0.15, -0.1) is 0 Å². The van der Waals surface area contributed by atoms with E-state index >= 15 is 0 Å². The van der Waals surface area contributed by atoms with Gasteiger partial charge in [-0.2, -0.15) is 13.2 Å². The molecular weight excluding hydrogens is 397 g/mol. The zero-order valence-corrected chi connectivity index (χ0v) is 16.8. The van der Waals surface area contributed by atoms with E-state index in [0.29, 0.717) is 25.6 Å². The average molecular weight is 422 g/mol. The van der Waals surface area contributed by atoms with Crippen LogP contribution in [-0.2, 0) is 17.4 Å². The molecule has 2 rings (SSSR count). The van der Waals surface area contributed by atoms with Crippen LogP contribution in [0.25, 0.3) is 0 Å². The van der Waals surface area contributed by atoms with Gasteiger partial charge in [-0.05, 0) is 54.7 Å². The summed E-state index contributed by atoms with van der Waals surface area (Å²) in [6.07, 6.45) is -4.08. The zero-order chi connectivity index (χ0) is 22.3. The van der Waals surface area contributed by atoms with E-state index in [2.05, 4.69) is 5.32 Å². The molecule has 8 heteroatoms. The van der Waals surface area contributed by atoms with Crippen molar-refractivity contribution >= 4 is 12.1 Å². The van der Waals surface area contributed by atoms with Crippen LogP contribution in [0.4, 0.5) is 13.2 Å². The summed E-state index contributed by atoms with van der Waals surface area (Å²) in [6.45, 7) is 4.10. The molecule has 5 nitrogen and oxygen atoms in total. The van der Waals surface area contributed by atoms with Crippen LogP contribution in [0.2, 0.25) is 0 Å². The fourth-order valence-electron chi connectivity index (χ4n) is 2.89. The van der Waals surface area contributed by atoms with Crippen molar-refractivity contribution in [1.82, 2.24) is 5.32 Å². The third-order valence-electron chi connectivity index (χ3n) is 4.39. The van der Waals surface area contributed by atoms with Gasteiger partial charge in [-0.1, -0.05) is 26.0 Å². The molecule has 0 aliphatic heterocycles. The van der Waals surface area contributed by atoms with E-state index < -0.39 is 23.8 Å². The van der Waals surface area contributed by atoms with Crippen molar-refractivity contribution in [2.45, 2.75) is 39.0 Å². The third kappa shape index (κ3) is 6.79. The maximum atomic E-state index is 13.2. The number of aromatic hydroxyl groups is 1. The Bertz CT molecular complexity index is 865. The Hall–Kier alpha value is -3.03. The van der Waals surface area contributed by atoms with Crippen LogP contribution in [0.3, 0.4) is 0 Å². The lowest BCUT2D eigenvalue weighted by Gasteiger charge is -2.21. The number of alkyl halides is 3. The second-order valence-electron chi connectivity index (χ2n) is 7.33. The highest BCUT2D eigenvalue weighted by atomic mass is 19.4. The topological polar surface area (TPSA) is 82.4 Å². The number of carbonyl (C=O) groups is 1. The SMILES string of the molecule is CC(C)CC(Oc1ccc(C=N)c(C(F)(F)F)c1)C(=O)NCCc1ccc(O)cc1. The molecule has 2 aromatic rings. The van der Waals surface area contributed by atoms with Crippen LogP contribution < -0.4 is 10.1 Å². The molecule has 0 aliphatic carbocycles. The van der Waals surface area contributed by atoms with E-state index in [4.69, 9.17) is 10.1 Å². The van der Waals surface area contributed by atoms with Gasteiger partial charge in [0.05, 0.1) is 5.56 Å². The van der Waals surface area contributed by atoms with Crippen molar-refractivity contribution in [2.75, 3.05) is 6.54 Å². The number of rotatable bonds is 9. The largest absolute Gasteiger partial charge is 0.508 e. The maximum absolute atomic E-state index is 13.2. The Balaban J connectivity index is 2.08. The van der Waals surface area contributed by atoms with Crippen molar-refractivity contribution in [1.29, 1.82) is 5.41 Å². The molecule has 0 bridgehead atoms. The summed E-state index contributed by atoms with van der Waals surface area (Å²) in [6, 6.07) is 9.89. The van der Waals surface area contributed by atoms with Gasteiger partial charge in [0, 0.05) is 18.3 Å². The minimum Gasteiger partial charge on any atom is -0.508 e. The molecule has 0 aliphatic rings. The van der Waals surface area contributed by atoms with Crippen molar-refractivity contribution in [3.05, 3.63) is 59.2 Å². The Kier molecular flexibility index (Phi) is 7.86. The average Bonchev–Trinajstić information content (AvgIpc) is 2.68. The van der Waals surface area contributed by atoms with E-state index in [9.17, 15) is 23.1 Å². The number of phenolic OH excluding ortho intramolecular Hbond substituents is 1. The number of halogens is 3. The Morgan fingerprint density at radius 1 is 1.20 bits per heavy atom. The molecule has 0 saturated carbocycles. The highest BCUT2D eigenvalue weighted by Gasteiger charge is 2.34. The number of hydrogen-bond donors (Lipinski definition) is 3. The van der Waals surface area contributed by atoms with Crippen LogP contribution in [0.1, 0.15) is 37.0 Å². The Labute approximate surface area is 173 Å². The van der Waals surface area contributed by atoms with E-state index in [0.717, 1.165) is 17.7 Å². The van der Waals surface area contributed by atoms with E-state index in [1.54, 1.807) is 24.3 Å². The quantitative estimate of drug-likeness (QED) is 0.518. The fraction of sp³-hybridized carbons (Fsp3) is 0.364. The lowest BCUT2D eigenvalue weighted by Crippen LogP contribution is -2.40. The lowest BCUT2D eigenvalue weighted by molar-refractivity contribution is -0.137. The molecule has 1 atom stereocenters. The van der Waals surface area contributed by atoms with Crippen LogP contribution in [0.15, 0.2) is 42.5 Å². The van der Waals surface area contributed by atoms with Gasteiger partial charge in [0.1, 0.15) is 11.5 Å². The van der Waals surface area contributed by atoms with Gasteiger partial charge < -0.3 is 20.6 Å². The molecule has 0 aromatic heterocycles. The second kappa shape index (κ2) is 10.1. The predicted octanol–water partition coefficient (Wildman–Crippen LogP) is 4.56. The molecular formula is C22H25F3N2O3. The monoisotopic (exact) mass is 422 g/mol. The minimum absolute atomic E-state index is 0.0766. The molecule has 0 radical (unpaired) electrons. The van der Waals surface area contributed by atoms with Crippen molar-refractivity contribution in [2.24, 2.45) is 5.92 Å². The molecule has 3 N–H and O–H groups in total. The molecule has 0 fully saturated rings. The van der Waals surface area contributed by atoms with Gasteiger partial charge in [-0.3, -0.25) is 4.79 Å². The smallest absolute Gasteiger partial charge is 0.417 e. The molecule has 2 aromatic carbocycles. The number of hydrogen-bond acceptors (Lipinski definition) is 4. The third-order valence-corrected chi connectivity index (χ3v) is 4.39. The first-order chi connectivity index (χ1) is 14.1. The van der Waals surface area contributed by atoms with Gasteiger partial charge in [0.25, 0.3) is 5.91 Å². The molecule has 30 heavy (non-hydrogen) atoms. The van der Waals surface area contributed by atoms with Crippen LogP contribution in [0.5, 0.6) is 11.5 Å². The summed E-state index contributed by atoms with van der Waals surface area (Å²) in [4.78, 5) is 12.6. The predicted molar refractivity (Wildman–Crippen MR) is 108 cm³/mol. The van der Waals surface area contributed by atoms with Crippen LogP contribution in [0, 0.1) is 11.3 Å². The molecule has 0 spiro atoms. The number of amides is 1. The van der Waals surface area contributed by atoms with Gasteiger partial charge >= 0.3 is 6.18 Å². The fourth-order valence-corrected chi connectivity index (χ4v) is 2.89. The Morgan fingerprint density at radius 2 is 1.87 bits per heavy atom. The summed E-state index contributed by atoms with van der Waals surface area (Å²) in [7, 11) is 0. The van der Waals surface area contributed by atoms with Gasteiger partial charge in [-0.25, -0.2) is 0 Å². The highest BCUT2D eigenvalue weighted by molar-refractivity contribution is 5.82. The van der Waals surface area contributed by atoms with Gasteiger partial charge in [0.2, 0.25) is 0 Å². The minimum atomic E-state index is -4.63. The Morgan fingerprint density at radius 3 is 2.43 bits per heavy atom. The van der Waals surface area contributed by atoms with E-state index in [-0.39, 0.29) is 23.0 Å². The molecule has 0 heterocycles. The number of phenols is 1. The summed E-state index contributed by atoms with van der Waals surface area (Å²) in [5.74, 6) is -0.249. The maximum Gasteiger partial charge on any atom is 0.417 e. The van der Waals surface area contributed by atoms with Crippen LogP contribution in [-0.4, -0.2) is 29.9 Å². The second-order valence-corrected chi connectivity index (χ2v) is 7.33. The van der Waals surface area contributed by atoms with Crippen molar-refractivity contribution in [3.8, 4) is 11.5 Å². The summed E-state index contributed by atoms with van der Waals surface area (Å²) < 4.78 is 45.3. The van der Waals surface area contributed by atoms with Crippen molar-refractivity contribution in [3.63, 3.8) is 0 Å². The zero-order valence-electron chi connectivity index (χ0n) is 16.8. The molecule has 0 saturated heterocycles. The summed E-state index contributed by atoms with van der Waals surface area (Å²) >= 11 is 0. The van der Waals surface area contributed by atoms with Crippen LogP contribution >= 0.6 is 0 Å². The van der Waals surface area contributed by atoms with E-state index in [1.807, 2.05) is 13.8 Å². The summed E-state index contributed by atoms with van der Waals surface area (Å²) in [5.41, 5.74) is -0.328. The van der Waals surface area contributed by atoms with Gasteiger partial charge in [0.15, 0.2) is 6.10 Å². The molecule has 162 valence electrons. The van der Waals surface area contributed by atoms with Crippen molar-refractivity contribution < 1.29 is 27.8 Å². The normalized spacial score (nSPS) is 12.5. The molecule has 1 unspecified atom stereocenters. The standard InChI is InChI=1S/C22H25F3N2O3/c1-14(2)11-20(21(29)27-10-9-15-3-6-17(28)7-4-15)30-18-8-5-16(13-26)19(12-18)22(23,24)25/h3-8,12-14,20,26,28H,9-11H2,1-2H3,(H,27,29). The number of ether oxygens (including phenoxy) is 1. The first-order valence-electron chi connectivity index (χ1n) is 9.54. The number of nitrogens with one attached hydrogen (secondary N) is 2. The lowest BCUT2D eigenvalue weighted by atomic mass is 10.0. The number of carbonyl (C=O) groups excluding carboxylic acids is 1. The summed E-state index contributed by atoms with van der Waals surface area (Å²) in [5, 5.41) is 19.2. The first kappa shape index (κ1) is 23.3. The molecule has 1 amide bonds. The highest BCUT2D eigenvalue weighted by Crippen LogP contribution is 2.34. The van der Waals surface area contributed by atoms with E-state index in [1.165, 1.54) is 6.07 Å². The first-order valence-corrected chi connectivity index (χ1v) is 9.54. The number of benzene rings is 2.